The van der Waals surface area contributed by atoms with Crippen molar-refractivity contribution in [1.29, 1.82) is 0 Å². The maximum absolute atomic E-state index is 14.7. The number of nitrogens with zero attached hydrogens (tertiary/aromatic N) is 1. The van der Waals surface area contributed by atoms with E-state index >= 15 is 0 Å². The van der Waals surface area contributed by atoms with Crippen LogP contribution in [0.5, 0.6) is 0 Å². The van der Waals surface area contributed by atoms with E-state index in [1.807, 2.05) is 53.6 Å². The Morgan fingerprint density at radius 1 is 1.06 bits per heavy atom. The number of amides is 1. The molecule has 1 amide bonds. The number of alkyl carbamates (subject to hydrolysis) is 1. The number of aliphatic hydroxyl groups excluding tert-OH is 1. The molecule has 13 nitrogen and oxygen atoms in total. The van der Waals surface area contributed by atoms with Crippen molar-refractivity contribution >= 4 is 23.6 Å². The minimum absolute atomic E-state index is 0.0693. The first-order valence-electron chi connectivity index (χ1n) is 17.2. The quantitative estimate of drug-likeness (QED) is 0.297. The van der Waals surface area contributed by atoms with Crippen LogP contribution >= 0.6 is 0 Å². The predicted molar refractivity (Wildman–Crippen MR) is 171 cm³/mol. The van der Waals surface area contributed by atoms with Crippen molar-refractivity contribution in [3.8, 4) is 0 Å². The van der Waals surface area contributed by atoms with Crippen LogP contribution in [0, 0.1) is 17.3 Å². The van der Waals surface area contributed by atoms with Crippen molar-refractivity contribution in [3.63, 3.8) is 0 Å². The molecule has 13 atom stereocenters. The summed E-state index contributed by atoms with van der Waals surface area (Å²) in [5.41, 5.74) is -4.17. The van der Waals surface area contributed by atoms with Crippen LogP contribution in [-0.2, 0) is 38.1 Å². The highest BCUT2D eigenvalue weighted by Crippen LogP contribution is 2.42. The lowest BCUT2D eigenvalue weighted by Crippen LogP contribution is -2.60. The molecule has 3 N–H and O–H groups in total. The predicted octanol–water partition coefficient (Wildman–Crippen LogP) is 2.35. The number of ketones is 2. The fourth-order valence-corrected chi connectivity index (χ4v) is 8.10. The summed E-state index contributed by atoms with van der Waals surface area (Å²) >= 11 is 0. The third-order valence-electron chi connectivity index (χ3n) is 11.0. The van der Waals surface area contributed by atoms with Gasteiger partial charge < -0.3 is 44.3 Å². The second-order valence-electron chi connectivity index (χ2n) is 15.3. The van der Waals surface area contributed by atoms with Gasteiger partial charge in [-0.15, -0.1) is 0 Å². The van der Waals surface area contributed by atoms with E-state index in [9.17, 15) is 24.3 Å². The number of fused-ring (bicyclic) bond motifs is 5. The van der Waals surface area contributed by atoms with E-state index in [0.717, 1.165) is 0 Å². The molecule has 4 unspecified atom stereocenters. The number of nitrogens with one attached hydrogen (secondary N) is 2. The number of carbonyl (C=O) groups excluding carboxylic acids is 4. The van der Waals surface area contributed by atoms with Gasteiger partial charge in [0.05, 0.1) is 23.9 Å². The second-order valence-corrected chi connectivity index (χ2v) is 15.3. The van der Waals surface area contributed by atoms with Gasteiger partial charge in [-0.3, -0.25) is 14.4 Å². The average molecular weight is 668 g/mol. The molecule has 2 bridgehead atoms. The van der Waals surface area contributed by atoms with Gasteiger partial charge in [-0.1, -0.05) is 20.8 Å². The fraction of sp³-hybridized carbons (Fsp3) is 0.882. The van der Waals surface area contributed by atoms with E-state index < -0.39 is 71.0 Å². The molecule has 0 aliphatic carbocycles. The fourth-order valence-electron chi connectivity index (χ4n) is 8.10. The number of hydrogen-bond acceptors (Lipinski definition) is 12. The van der Waals surface area contributed by atoms with Crippen LogP contribution < -0.4 is 10.6 Å². The molecule has 0 spiro atoms. The molecular formula is C34H57N3O10. The molecule has 4 heterocycles. The monoisotopic (exact) mass is 667 g/mol. The van der Waals surface area contributed by atoms with E-state index in [1.54, 1.807) is 13.8 Å². The zero-order chi connectivity index (χ0) is 35.1. The summed E-state index contributed by atoms with van der Waals surface area (Å²) in [7, 11) is 3.76. The number of hydrogen-bond donors (Lipinski definition) is 3. The summed E-state index contributed by atoms with van der Waals surface area (Å²) in [4.78, 5) is 56.8. The Balaban J connectivity index is 1.83. The van der Waals surface area contributed by atoms with Crippen LogP contribution in [0.1, 0.15) is 87.5 Å². The number of ether oxygens (including phenoxy) is 5. The van der Waals surface area contributed by atoms with Gasteiger partial charge in [-0.05, 0) is 86.9 Å². The van der Waals surface area contributed by atoms with Gasteiger partial charge in [0, 0.05) is 24.4 Å². The Morgan fingerprint density at radius 2 is 1.74 bits per heavy atom. The largest absolute Gasteiger partial charge is 0.457 e. The molecule has 4 fully saturated rings. The zero-order valence-electron chi connectivity index (χ0n) is 29.8. The Labute approximate surface area is 279 Å². The van der Waals surface area contributed by atoms with E-state index in [1.165, 1.54) is 6.92 Å². The summed E-state index contributed by atoms with van der Waals surface area (Å²) in [5, 5.41) is 17.8. The van der Waals surface area contributed by atoms with Crippen molar-refractivity contribution in [2.75, 3.05) is 27.2 Å². The SMILES string of the molecule is CC[C@@H]1OC(=O)[C@@]2(C)CCC(=O)CO[C@@](C)(C[C@H](C)CN[C@@H](C)[C@H]3NC(=O)O[C@@]13C)[C@@H](OC1OC(C)CC(N(C)C)C1O)[C@@H](C)C2=O. The van der Waals surface area contributed by atoms with Crippen LogP contribution in [0.2, 0.25) is 0 Å². The Morgan fingerprint density at radius 3 is 2.38 bits per heavy atom. The normalized spacial score (nSPS) is 45.9. The maximum atomic E-state index is 14.7. The smallest absolute Gasteiger partial charge is 0.408 e. The van der Waals surface area contributed by atoms with Gasteiger partial charge >= 0.3 is 12.1 Å². The van der Waals surface area contributed by atoms with Crippen molar-refractivity contribution in [1.82, 2.24) is 15.5 Å². The van der Waals surface area contributed by atoms with E-state index in [-0.39, 0.29) is 49.3 Å². The van der Waals surface area contributed by atoms with Gasteiger partial charge in [-0.25, -0.2) is 4.79 Å². The van der Waals surface area contributed by atoms with Crippen LogP contribution in [-0.4, -0.2) is 121 Å². The molecule has 0 aromatic rings. The molecule has 268 valence electrons. The Bertz CT molecular complexity index is 1180. The highest BCUT2D eigenvalue weighted by Gasteiger charge is 2.58. The first-order chi connectivity index (χ1) is 21.9. The minimum atomic E-state index is -1.73. The number of Topliss-reactive ketones (excluding diaryl/α,β-unsaturated/α-hetero) is 2. The first kappa shape index (κ1) is 37.7. The number of esters is 1. The van der Waals surface area contributed by atoms with Crippen LogP contribution in [0.3, 0.4) is 0 Å². The van der Waals surface area contributed by atoms with Gasteiger partial charge in [-0.2, -0.15) is 0 Å². The number of carbonyl (C=O) groups is 4. The van der Waals surface area contributed by atoms with Crippen molar-refractivity contribution in [3.05, 3.63) is 0 Å². The van der Waals surface area contributed by atoms with Gasteiger partial charge in [0.1, 0.15) is 24.2 Å². The van der Waals surface area contributed by atoms with Crippen LogP contribution in [0.15, 0.2) is 0 Å². The number of rotatable bonds is 4. The lowest BCUT2D eigenvalue weighted by Gasteiger charge is -2.48. The van der Waals surface area contributed by atoms with Crippen molar-refractivity contribution in [2.45, 2.75) is 148 Å². The highest BCUT2D eigenvalue weighted by molar-refractivity contribution is 6.05. The summed E-state index contributed by atoms with van der Waals surface area (Å²) in [5.74, 6) is -2.52. The molecule has 4 saturated heterocycles. The lowest BCUT2D eigenvalue weighted by molar-refractivity contribution is -0.297. The van der Waals surface area contributed by atoms with Crippen LogP contribution in [0.4, 0.5) is 4.79 Å². The molecular weight excluding hydrogens is 610 g/mol. The molecule has 0 aromatic heterocycles. The summed E-state index contributed by atoms with van der Waals surface area (Å²) in [6.45, 7) is 14.7. The van der Waals surface area contributed by atoms with Gasteiger partial charge in [0.25, 0.3) is 0 Å². The summed E-state index contributed by atoms with van der Waals surface area (Å²) in [6, 6.07) is -1.09. The Hall–Kier alpha value is -2.16. The van der Waals surface area contributed by atoms with E-state index in [2.05, 4.69) is 10.6 Å². The number of aliphatic hydroxyl groups is 1. The molecule has 13 heteroatoms. The number of cyclic esters (lactones) is 1. The molecule has 0 saturated carbocycles. The Kier molecular flexibility index (Phi) is 11.5. The maximum Gasteiger partial charge on any atom is 0.408 e. The van der Waals surface area contributed by atoms with E-state index in [4.69, 9.17) is 23.7 Å². The molecule has 4 aliphatic heterocycles. The second kappa shape index (κ2) is 14.4. The van der Waals surface area contributed by atoms with Gasteiger partial charge in [0.15, 0.2) is 23.5 Å². The molecule has 4 aliphatic rings. The summed E-state index contributed by atoms with van der Waals surface area (Å²) in [6.07, 6.45) is -3.76. The molecule has 4 rings (SSSR count). The molecule has 47 heavy (non-hydrogen) atoms. The van der Waals surface area contributed by atoms with Crippen molar-refractivity contribution < 1.29 is 48.0 Å². The number of likely N-dealkylation sites (N-methyl/N-ethyl adjacent to an activating group) is 1. The van der Waals surface area contributed by atoms with Gasteiger partial charge in [0.2, 0.25) is 0 Å². The van der Waals surface area contributed by atoms with Crippen molar-refractivity contribution in [2.24, 2.45) is 17.3 Å². The lowest BCUT2D eigenvalue weighted by atomic mass is 9.70. The standard InChI is InChI=1S/C34H57N3O10/c1-11-24-34(8)26(36-31(42)47-34)21(5)35-16-18(2)15-33(7)28(46-29-25(39)23(37(9)10)14-19(3)44-29)20(4)27(40)32(6,30(41)45-24)13-12-22(38)17-43-33/h18-21,23-26,28-29,35,39H,11-17H2,1-10H3,(H,36,42)/t18-,19?,20-,21-,23?,24-,25?,26+,28-,29?,32-,33-,34-/m0/s1. The zero-order valence-corrected chi connectivity index (χ0v) is 29.8. The highest BCUT2D eigenvalue weighted by atomic mass is 16.7. The van der Waals surface area contributed by atoms with E-state index in [0.29, 0.717) is 25.8 Å². The summed E-state index contributed by atoms with van der Waals surface area (Å²) < 4.78 is 31.2. The molecule has 0 aromatic carbocycles. The van der Waals surface area contributed by atoms with Crippen LogP contribution in [0.25, 0.3) is 0 Å². The molecule has 0 radical (unpaired) electrons. The first-order valence-corrected chi connectivity index (χ1v) is 17.2. The average Bonchev–Trinajstić information content (AvgIpc) is 3.32. The third kappa shape index (κ3) is 7.55. The minimum Gasteiger partial charge on any atom is -0.457 e. The third-order valence-corrected chi connectivity index (χ3v) is 11.0. The topological polar surface area (TPSA) is 162 Å².